The van der Waals surface area contributed by atoms with Crippen LogP contribution >= 0.6 is 0 Å². The second kappa shape index (κ2) is 14.0. The number of likely N-dealkylation sites (tertiary alicyclic amines) is 2. The van der Waals surface area contributed by atoms with Gasteiger partial charge in [-0.2, -0.15) is 0 Å². The molecule has 7 heteroatoms. The molecule has 30 heavy (non-hydrogen) atoms. The van der Waals surface area contributed by atoms with Crippen LogP contribution in [0.3, 0.4) is 0 Å². The Morgan fingerprint density at radius 3 is 2.57 bits per heavy atom. The molecular weight excluding hydrogens is 382 g/mol. The molecule has 1 unspecified atom stereocenters. The lowest BCUT2D eigenvalue weighted by molar-refractivity contribution is -0.122. The molecule has 1 aromatic carbocycles. The summed E-state index contributed by atoms with van der Waals surface area (Å²) in [5.41, 5.74) is 1.40. The summed E-state index contributed by atoms with van der Waals surface area (Å²) < 4.78 is 5.85. The van der Waals surface area contributed by atoms with Crippen molar-refractivity contribution in [1.29, 1.82) is 0 Å². The number of carboxylic acid groups (broad SMARTS) is 1. The number of piperidine rings is 2. The molecule has 7 nitrogen and oxygen atoms in total. The summed E-state index contributed by atoms with van der Waals surface area (Å²) in [5, 5.41) is 10.2. The van der Waals surface area contributed by atoms with Crippen molar-refractivity contribution in [3.8, 4) is 0 Å². The standard InChI is InChI=1S/C22H35N3O2.CH2O2/c1-2-17-27-21-9-6-13-25(18-21)22(26)23-20-11-15-24(16-12-20)14-10-19-7-4-3-5-8-19;2-1-3/h3-5,7-8,20-21H,2,6,9-18H2,1H3,(H,23,26);1H,(H,2,3). The number of carbonyl (C=O) groups is 2. The maximum absolute atomic E-state index is 12.6. The van der Waals surface area contributed by atoms with Crippen LogP contribution in [0.4, 0.5) is 4.79 Å². The van der Waals surface area contributed by atoms with Gasteiger partial charge in [0.15, 0.2) is 0 Å². The van der Waals surface area contributed by atoms with Gasteiger partial charge >= 0.3 is 6.03 Å². The predicted octanol–water partition coefficient (Wildman–Crippen LogP) is 2.99. The van der Waals surface area contributed by atoms with E-state index in [1.807, 2.05) is 4.90 Å². The van der Waals surface area contributed by atoms with Crippen LogP contribution in [0.15, 0.2) is 30.3 Å². The topological polar surface area (TPSA) is 82.1 Å². The lowest BCUT2D eigenvalue weighted by atomic mass is 10.0. The normalized spacial score (nSPS) is 20.2. The van der Waals surface area contributed by atoms with E-state index in [1.54, 1.807) is 0 Å². The van der Waals surface area contributed by atoms with Gasteiger partial charge < -0.3 is 25.0 Å². The van der Waals surface area contributed by atoms with Gasteiger partial charge in [0.2, 0.25) is 0 Å². The van der Waals surface area contributed by atoms with E-state index in [4.69, 9.17) is 14.6 Å². The van der Waals surface area contributed by atoms with Gasteiger partial charge in [0.05, 0.1) is 6.10 Å². The van der Waals surface area contributed by atoms with Crippen molar-refractivity contribution in [1.82, 2.24) is 15.1 Å². The molecule has 2 aliphatic heterocycles. The highest BCUT2D eigenvalue weighted by Crippen LogP contribution is 2.16. The van der Waals surface area contributed by atoms with Crippen molar-refractivity contribution in [3.63, 3.8) is 0 Å². The molecule has 0 radical (unpaired) electrons. The summed E-state index contributed by atoms with van der Waals surface area (Å²) in [6.45, 7) is 7.50. The molecule has 1 aromatic rings. The number of nitrogens with one attached hydrogen (secondary N) is 1. The minimum absolute atomic E-state index is 0.0996. The Bertz CT molecular complexity index is 606. The Balaban J connectivity index is 0.00000101. The van der Waals surface area contributed by atoms with Gasteiger partial charge in [-0.25, -0.2) is 4.79 Å². The minimum atomic E-state index is -0.250. The number of carbonyl (C=O) groups excluding carboxylic acids is 1. The molecule has 0 aromatic heterocycles. The highest BCUT2D eigenvalue weighted by atomic mass is 16.5. The number of nitrogens with zero attached hydrogens (tertiary/aromatic N) is 2. The molecule has 0 aliphatic carbocycles. The van der Waals surface area contributed by atoms with Crippen LogP contribution in [0, 0.1) is 0 Å². The summed E-state index contributed by atoms with van der Waals surface area (Å²) in [5.74, 6) is 0. The molecule has 2 amide bonds. The van der Waals surface area contributed by atoms with Crippen LogP contribution in [0.2, 0.25) is 0 Å². The van der Waals surface area contributed by atoms with Crippen LogP contribution < -0.4 is 5.32 Å². The number of hydrogen-bond donors (Lipinski definition) is 2. The van der Waals surface area contributed by atoms with E-state index >= 15 is 0 Å². The Hall–Kier alpha value is -2.12. The SMILES string of the molecule is CCCOC1CCCN(C(=O)NC2CCN(CCc3ccccc3)CC2)C1.O=CO. The molecule has 0 spiro atoms. The van der Waals surface area contributed by atoms with E-state index in [0.717, 1.165) is 77.9 Å². The number of benzene rings is 1. The van der Waals surface area contributed by atoms with Gasteiger partial charge in [-0.1, -0.05) is 37.3 Å². The number of hydrogen-bond acceptors (Lipinski definition) is 4. The second-order valence-electron chi connectivity index (χ2n) is 7.99. The van der Waals surface area contributed by atoms with Crippen molar-refractivity contribution in [2.75, 3.05) is 39.3 Å². The lowest BCUT2D eigenvalue weighted by Gasteiger charge is -2.36. The maximum Gasteiger partial charge on any atom is 0.317 e. The first-order valence-corrected chi connectivity index (χ1v) is 11.2. The van der Waals surface area contributed by atoms with Crippen LogP contribution in [0.25, 0.3) is 0 Å². The van der Waals surface area contributed by atoms with Gasteiger partial charge in [0.25, 0.3) is 6.47 Å². The molecule has 1 atom stereocenters. The summed E-state index contributed by atoms with van der Waals surface area (Å²) >= 11 is 0. The van der Waals surface area contributed by atoms with E-state index in [1.165, 1.54) is 5.56 Å². The molecule has 0 bridgehead atoms. The van der Waals surface area contributed by atoms with Crippen molar-refractivity contribution in [2.45, 2.75) is 57.6 Å². The molecule has 2 heterocycles. The molecular formula is C23H37N3O4. The molecule has 2 N–H and O–H groups in total. The van der Waals surface area contributed by atoms with Gasteiger partial charge in [0.1, 0.15) is 0 Å². The summed E-state index contributed by atoms with van der Waals surface area (Å²) in [7, 11) is 0. The minimum Gasteiger partial charge on any atom is -0.483 e. The first-order chi connectivity index (χ1) is 14.7. The van der Waals surface area contributed by atoms with Gasteiger partial charge in [-0.3, -0.25) is 4.79 Å². The monoisotopic (exact) mass is 419 g/mol. The Morgan fingerprint density at radius 1 is 1.20 bits per heavy atom. The molecule has 168 valence electrons. The van der Waals surface area contributed by atoms with Gasteiger partial charge in [0, 0.05) is 45.4 Å². The zero-order chi connectivity index (χ0) is 21.6. The fourth-order valence-corrected chi connectivity index (χ4v) is 4.04. The van der Waals surface area contributed by atoms with Crippen molar-refractivity contribution in [2.24, 2.45) is 0 Å². The molecule has 2 aliphatic rings. The van der Waals surface area contributed by atoms with E-state index in [-0.39, 0.29) is 18.6 Å². The zero-order valence-corrected chi connectivity index (χ0v) is 18.2. The largest absolute Gasteiger partial charge is 0.483 e. The Morgan fingerprint density at radius 2 is 1.90 bits per heavy atom. The highest BCUT2D eigenvalue weighted by molar-refractivity contribution is 5.74. The first-order valence-electron chi connectivity index (χ1n) is 11.2. The molecule has 2 saturated heterocycles. The zero-order valence-electron chi connectivity index (χ0n) is 18.2. The number of rotatable bonds is 7. The van der Waals surface area contributed by atoms with E-state index in [9.17, 15) is 4.79 Å². The molecule has 3 rings (SSSR count). The van der Waals surface area contributed by atoms with Crippen LogP contribution in [-0.4, -0.2) is 78.9 Å². The predicted molar refractivity (Wildman–Crippen MR) is 118 cm³/mol. The van der Waals surface area contributed by atoms with Crippen molar-refractivity contribution >= 4 is 12.5 Å². The summed E-state index contributed by atoms with van der Waals surface area (Å²) in [4.78, 5) is 25.5. The van der Waals surface area contributed by atoms with Gasteiger partial charge in [-0.15, -0.1) is 0 Å². The average molecular weight is 420 g/mol. The number of urea groups is 1. The lowest BCUT2D eigenvalue weighted by Crippen LogP contribution is -2.52. The van der Waals surface area contributed by atoms with E-state index < -0.39 is 0 Å². The van der Waals surface area contributed by atoms with E-state index in [2.05, 4.69) is 47.5 Å². The maximum atomic E-state index is 12.6. The summed E-state index contributed by atoms with van der Waals surface area (Å²) in [6.07, 6.45) is 6.55. The fourth-order valence-electron chi connectivity index (χ4n) is 4.04. The highest BCUT2D eigenvalue weighted by Gasteiger charge is 2.27. The number of amides is 2. The third-order valence-corrected chi connectivity index (χ3v) is 5.70. The Labute approximate surface area is 180 Å². The first kappa shape index (κ1) is 24.2. The fraction of sp³-hybridized carbons (Fsp3) is 0.652. The van der Waals surface area contributed by atoms with Gasteiger partial charge in [-0.05, 0) is 44.1 Å². The van der Waals surface area contributed by atoms with Crippen LogP contribution in [0.5, 0.6) is 0 Å². The second-order valence-corrected chi connectivity index (χ2v) is 7.99. The quantitative estimate of drug-likeness (QED) is 0.664. The number of ether oxygens (including phenoxy) is 1. The molecule has 2 fully saturated rings. The molecule has 0 saturated carbocycles. The van der Waals surface area contributed by atoms with E-state index in [0.29, 0.717) is 6.04 Å². The van der Waals surface area contributed by atoms with Crippen LogP contribution in [-0.2, 0) is 16.0 Å². The smallest absolute Gasteiger partial charge is 0.317 e. The third kappa shape index (κ3) is 8.71. The van der Waals surface area contributed by atoms with Crippen molar-refractivity contribution in [3.05, 3.63) is 35.9 Å². The third-order valence-electron chi connectivity index (χ3n) is 5.70. The summed E-state index contributed by atoms with van der Waals surface area (Å²) in [6, 6.07) is 11.1. The van der Waals surface area contributed by atoms with Crippen molar-refractivity contribution < 1.29 is 19.4 Å². The average Bonchev–Trinajstić information content (AvgIpc) is 2.78. The van der Waals surface area contributed by atoms with Crippen LogP contribution in [0.1, 0.15) is 44.6 Å². The Kier molecular flexibility index (Phi) is 11.3.